The van der Waals surface area contributed by atoms with E-state index in [-0.39, 0.29) is 23.4 Å². The topological polar surface area (TPSA) is 61.8 Å². The van der Waals surface area contributed by atoms with Crippen LogP contribution in [0.2, 0.25) is 0 Å². The van der Waals surface area contributed by atoms with E-state index in [2.05, 4.69) is 13.8 Å². The average molecular weight is 364 g/mol. The Hall–Kier alpha value is -2.04. The highest BCUT2D eigenvalue weighted by Gasteiger charge is 2.19. The predicted molar refractivity (Wildman–Crippen MR) is 102 cm³/mol. The first-order valence-electron chi connectivity index (χ1n) is 9.50. The van der Waals surface area contributed by atoms with E-state index in [1.807, 2.05) is 20.8 Å². The number of carbonyl (C=O) groups is 2. The number of ether oxygens (including phenoxy) is 3. The molecule has 5 heteroatoms. The number of esters is 2. The van der Waals surface area contributed by atoms with Crippen molar-refractivity contribution in [3.63, 3.8) is 0 Å². The van der Waals surface area contributed by atoms with Crippen molar-refractivity contribution < 1.29 is 23.8 Å². The maximum absolute atomic E-state index is 12.2. The van der Waals surface area contributed by atoms with Gasteiger partial charge in [-0.05, 0) is 43.2 Å². The molecule has 0 saturated heterocycles. The lowest BCUT2D eigenvalue weighted by molar-refractivity contribution is -0.137. The van der Waals surface area contributed by atoms with E-state index in [0.29, 0.717) is 37.0 Å². The molecule has 0 radical (unpaired) electrons. The summed E-state index contributed by atoms with van der Waals surface area (Å²) < 4.78 is 16.6. The van der Waals surface area contributed by atoms with Gasteiger partial charge in [-0.1, -0.05) is 40.7 Å². The van der Waals surface area contributed by atoms with Gasteiger partial charge in [0.05, 0.1) is 6.61 Å². The van der Waals surface area contributed by atoms with Gasteiger partial charge in [-0.3, -0.25) is 9.59 Å². The Morgan fingerprint density at radius 1 is 0.885 bits per heavy atom. The largest absolute Gasteiger partial charge is 0.490 e. The summed E-state index contributed by atoms with van der Waals surface area (Å²) in [7, 11) is 0. The number of para-hydroxylation sites is 1. The van der Waals surface area contributed by atoms with Crippen LogP contribution < -0.4 is 14.2 Å². The van der Waals surface area contributed by atoms with Crippen molar-refractivity contribution in [3.05, 3.63) is 18.2 Å². The van der Waals surface area contributed by atoms with Gasteiger partial charge in [-0.15, -0.1) is 0 Å². The van der Waals surface area contributed by atoms with E-state index < -0.39 is 0 Å². The molecule has 0 unspecified atom stereocenters. The molecule has 0 N–H and O–H groups in total. The molecule has 1 aromatic carbocycles. The molecule has 0 bridgehead atoms. The van der Waals surface area contributed by atoms with Crippen LogP contribution in [0.1, 0.15) is 66.7 Å². The van der Waals surface area contributed by atoms with E-state index in [4.69, 9.17) is 14.2 Å². The first-order chi connectivity index (χ1) is 12.3. The maximum Gasteiger partial charge on any atom is 0.311 e. The summed E-state index contributed by atoms with van der Waals surface area (Å²) in [5.41, 5.74) is 0. The summed E-state index contributed by atoms with van der Waals surface area (Å²) in [4.78, 5) is 24.3. The summed E-state index contributed by atoms with van der Waals surface area (Å²) in [6.45, 7) is 10.7. The Labute approximate surface area is 157 Å². The van der Waals surface area contributed by atoms with Gasteiger partial charge < -0.3 is 14.2 Å². The summed E-state index contributed by atoms with van der Waals surface area (Å²) in [6.07, 6.45) is 2.92. The minimum Gasteiger partial charge on any atom is -0.490 e. The zero-order chi connectivity index (χ0) is 19.5. The number of hydrogen-bond donors (Lipinski definition) is 0. The van der Waals surface area contributed by atoms with Gasteiger partial charge in [-0.2, -0.15) is 0 Å². The lowest BCUT2D eigenvalue weighted by atomic mass is 10.1. The van der Waals surface area contributed by atoms with E-state index >= 15 is 0 Å². The molecule has 1 aromatic rings. The van der Waals surface area contributed by atoms with Crippen molar-refractivity contribution in [2.75, 3.05) is 6.61 Å². The second-order valence-electron chi connectivity index (χ2n) is 7.25. The van der Waals surface area contributed by atoms with Crippen LogP contribution in [0.25, 0.3) is 0 Å². The van der Waals surface area contributed by atoms with Crippen molar-refractivity contribution in [2.24, 2.45) is 11.8 Å². The Morgan fingerprint density at radius 3 is 1.96 bits per heavy atom. The molecular formula is C21H32O5. The fraction of sp³-hybridized carbons (Fsp3) is 0.619. The van der Waals surface area contributed by atoms with Crippen LogP contribution in [0.4, 0.5) is 0 Å². The normalized spacial score (nSPS) is 10.9. The van der Waals surface area contributed by atoms with Crippen LogP contribution in [-0.2, 0) is 9.59 Å². The molecule has 5 nitrogen and oxygen atoms in total. The van der Waals surface area contributed by atoms with Crippen LogP contribution >= 0.6 is 0 Å². The van der Waals surface area contributed by atoms with Crippen LogP contribution in [0.5, 0.6) is 17.2 Å². The molecule has 0 spiro atoms. The van der Waals surface area contributed by atoms with E-state index in [9.17, 15) is 9.59 Å². The van der Waals surface area contributed by atoms with Crippen molar-refractivity contribution in [1.82, 2.24) is 0 Å². The molecule has 0 aliphatic carbocycles. The van der Waals surface area contributed by atoms with Crippen molar-refractivity contribution in [2.45, 2.75) is 66.7 Å². The van der Waals surface area contributed by atoms with E-state index in [1.165, 1.54) is 0 Å². The number of benzene rings is 1. The molecule has 0 aliphatic heterocycles. The van der Waals surface area contributed by atoms with Gasteiger partial charge in [0.25, 0.3) is 0 Å². The second kappa shape index (κ2) is 11.6. The number of carbonyl (C=O) groups excluding carboxylic acids is 2. The fourth-order valence-electron chi connectivity index (χ4n) is 2.15. The minimum atomic E-state index is -0.356. The highest BCUT2D eigenvalue weighted by Crippen LogP contribution is 2.38. The van der Waals surface area contributed by atoms with Crippen LogP contribution in [0.15, 0.2) is 18.2 Å². The van der Waals surface area contributed by atoms with Crippen LogP contribution in [-0.4, -0.2) is 18.5 Å². The Kier molecular flexibility index (Phi) is 9.78. The zero-order valence-electron chi connectivity index (χ0n) is 16.7. The Balaban J connectivity index is 2.93. The summed E-state index contributed by atoms with van der Waals surface area (Å²) in [5, 5.41) is 0. The van der Waals surface area contributed by atoms with Gasteiger partial charge in [0, 0.05) is 12.8 Å². The van der Waals surface area contributed by atoms with Crippen molar-refractivity contribution in [1.29, 1.82) is 0 Å². The fourth-order valence-corrected chi connectivity index (χ4v) is 2.15. The molecule has 0 heterocycles. The summed E-state index contributed by atoms with van der Waals surface area (Å²) in [6, 6.07) is 5.06. The molecule has 1 rings (SSSR count). The van der Waals surface area contributed by atoms with Gasteiger partial charge in [0.1, 0.15) is 0 Å². The van der Waals surface area contributed by atoms with E-state index in [1.54, 1.807) is 18.2 Å². The quantitative estimate of drug-likeness (QED) is 0.401. The number of hydrogen-bond acceptors (Lipinski definition) is 5. The van der Waals surface area contributed by atoms with Gasteiger partial charge in [0.2, 0.25) is 5.75 Å². The lowest BCUT2D eigenvalue weighted by Gasteiger charge is -2.15. The molecule has 0 amide bonds. The summed E-state index contributed by atoms with van der Waals surface area (Å²) in [5.74, 6) is 0.950. The van der Waals surface area contributed by atoms with Crippen molar-refractivity contribution >= 4 is 11.9 Å². The summed E-state index contributed by atoms with van der Waals surface area (Å²) >= 11 is 0. The van der Waals surface area contributed by atoms with Gasteiger partial charge in [0.15, 0.2) is 11.5 Å². The van der Waals surface area contributed by atoms with E-state index in [0.717, 1.165) is 19.3 Å². The monoisotopic (exact) mass is 364 g/mol. The zero-order valence-corrected chi connectivity index (χ0v) is 16.7. The third kappa shape index (κ3) is 8.37. The smallest absolute Gasteiger partial charge is 0.311 e. The predicted octanol–water partition coefficient (Wildman–Crippen LogP) is 5.16. The highest BCUT2D eigenvalue weighted by atomic mass is 16.6. The van der Waals surface area contributed by atoms with Gasteiger partial charge >= 0.3 is 11.9 Å². The molecule has 0 saturated carbocycles. The molecular weight excluding hydrogens is 332 g/mol. The standard InChI is InChI=1S/C21H32O5/c1-6-14-24-17-8-7-9-18(25-19(22)12-10-15(2)3)21(17)26-20(23)13-11-16(4)5/h7-9,15-16H,6,10-14H2,1-5H3. The Morgan fingerprint density at radius 2 is 1.42 bits per heavy atom. The molecule has 146 valence electrons. The second-order valence-corrected chi connectivity index (χ2v) is 7.25. The third-order valence-corrected chi connectivity index (χ3v) is 3.70. The third-order valence-electron chi connectivity index (χ3n) is 3.70. The molecule has 0 fully saturated rings. The first kappa shape index (κ1) is 22.0. The average Bonchev–Trinajstić information content (AvgIpc) is 2.58. The van der Waals surface area contributed by atoms with Gasteiger partial charge in [-0.25, -0.2) is 0 Å². The maximum atomic E-state index is 12.2. The van der Waals surface area contributed by atoms with Crippen LogP contribution in [0, 0.1) is 11.8 Å². The number of rotatable bonds is 11. The van der Waals surface area contributed by atoms with Crippen LogP contribution in [0.3, 0.4) is 0 Å². The Bertz CT molecular complexity index is 578. The molecule has 0 atom stereocenters. The molecule has 0 aromatic heterocycles. The molecule has 0 aliphatic rings. The first-order valence-corrected chi connectivity index (χ1v) is 9.50. The van der Waals surface area contributed by atoms with Crippen molar-refractivity contribution in [3.8, 4) is 17.2 Å². The lowest BCUT2D eigenvalue weighted by Crippen LogP contribution is -2.14. The molecule has 26 heavy (non-hydrogen) atoms. The highest BCUT2D eigenvalue weighted by molar-refractivity contribution is 5.77. The minimum absolute atomic E-state index is 0.188. The SMILES string of the molecule is CCCOc1cccc(OC(=O)CCC(C)C)c1OC(=O)CCC(C)C.